The summed E-state index contributed by atoms with van der Waals surface area (Å²) in [7, 11) is 0. The van der Waals surface area contributed by atoms with Crippen molar-refractivity contribution >= 4 is 57.8 Å². The monoisotopic (exact) mass is 637 g/mol. The Bertz CT molecular complexity index is 1220. The van der Waals surface area contributed by atoms with E-state index in [0.29, 0.717) is 37.4 Å². The third-order valence-electron chi connectivity index (χ3n) is 5.78. The largest absolute Gasteiger partial charge is 0.480 e. The molecule has 0 bridgehead atoms. The highest BCUT2D eigenvalue weighted by atomic mass is 127. The predicted molar refractivity (Wildman–Crippen MR) is 156 cm³/mol. The molecule has 0 spiro atoms. The topological polar surface area (TPSA) is 75.6 Å². The van der Waals surface area contributed by atoms with Crippen molar-refractivity contribution < 1.29 is 19.4 Å². The molecule has 0 aliphatic carbocycles. The molecule has 0 saturated heterocycles. The van der Waals surface area contributed by atoms with E-state index in [-0.39, 0.29) is 0 Å². The lowest BCUT2D eigenvalue weighted by molar-refractivity contribution is -0.139. The zero-order valence-electron chi connectivity index (χ0n) is 20.2. The van der Waals surface area contributed by atoms with Gasteiger partial charge in [-0.05, 0) is 106 Å². The number of carbonyl (C=O) groups is 2. The number of aryl methyl sites for hydroxylation is 1. The van der Waals surface area contributed by atoms with Gasteiger partial charge in [-0.3, -0.25) is 4.79 Å². The van der Waals surface area contributed by atoms with Crippen molar-refractivity contribution in [2.24, 2.45) is 0 Å². The molecular weight excluding hydrogens is 609 g/mol. The molecule has 0 saturated carbocycles. The van der Waals surface area contributed by atoms with Gasteiger partial charge in [0.1, 0.15) is 6.04 Å². The van der Waals surface area contributed by atoms with Gasteiger partial charge < -0.3 is 15.2 Å². The number of amides is 1. The van der Waals surface area contributed by atoms with Gasteiger partial charge >= 0.3 is 5.97 Å². The van der Waals surface area contributed by atoms with Crippen LogP contribution in [-0.2, 0) is 22.6 Å². The van der Waals surface area contributed by atoms with Gasteiger partial charge in [0.05, 0.1) is 13.2 Å². The quantitative estimate of drug-likeness (QED) is 0.173. The molecule has 3 rings (SSSR count). The van der Waals surface area contributed by atoms with E-state index >= 15 is 0 Å². The van der Waals surface area contributed by atoms with Crippen LogP contribution in [-0.4, -0.2) is 41.6 Å². The first kappa shape index (κ1) is 28.5. The summed E-state index contributed by atoms with van der Waals surface area (Å²) in [5.41, 5.74) is 5.10. The Morgan fingerprint density at radius 3 is 2.58 bits per heavy atom. The van der Waals surface area contributed by atoms with Crippen molar-refractivity contribution in [3.05, 3.63) is 91.5 Å². The highest BCUT2D eigenvalue weighted by Gasteiger charge is 2.22. The van der Waals surface area contributed by atoms with Crippen LogP contribution in [0.3, 0.4) is 0 Å². The van der Waals surface area contributed by atoms with Gasteiger partial charge in [-0.25, -0.2) is 4.79 Å². The zero-order valence-corrected chi connectivity index (χ0v) is 24.0. The van der Waals surface area contributed by atoms with Crippen LogP contribution < -0.4 is 5.32 Å². The molecule has 1 atom stereocenters. The lowest BCUT2D eigenvalue weighted by Crippen LogP contribution is -2.41. The molecule has 0 heterocycles. The molecule has 1 amide bonds. The Hall–Kier alpha value is -2.07. The molecular formula is C28H29ClINO4S. The molecule has 0 aliphatic rings. The lowest BCUT2D eigenvalue weighted by Gasteiger charge is -2.18. The van der Waals surface area contributed by atoms with Gasteiger partial charge in [0.15, 0.2) is 0 Å². The molecule has 5 nitrogen and oxygen atoms in total. The van der Waals surface area contributed by atoms with Gasteiger partial charge in [-0.15, -0.1) is 0 Å². The zero-order chi connectivity index (χ0) is 26.1. The Morgan fingerprint density at radius 1 is 1.11 bits per heavy atom. The second-order valence-corrected chi connectivity index (χ2v) is 11.0. The standard InChI is InChI=1S/C28H29ClINO4S/c1-18-5-3-4-6-22(18)24-15-19(17-35-13-11-20-8-9-21(30)16-25(20)29)7-10-23(24)27(32)31-26(28(33)34)12-14-36-2/h3-10,15-16,26H,11-14,17H2,1-2H3,(H,31,32)(H,33,34)/t26-/m0/s1. The third kappa shape index (κ3) is 7.96. The summed E-state index contributed by atoms with van der Waals surface area (Å²) in [4.78, 5) is 24.9. The second kappa shape index (κ2) is 14.0. The summed E-state index contributed by atoms with van der Waals surface area (Å²) < 4.78 is 7.02. The van der Waals surface area contributed by atoms with Gasteiger partial charge in [-0.2, -0.15) is 11.8 Å². The van der Waals surface area contributed by atoms with Crippen LogP contribution >= 0.6 is 46.0 Å². The molecule has 3 aromatic carbocycles. The lowest BCUT2D eigenvalue weighted by atomic mass is 9.93. The maximum absolute atomic E-state index is 13.2. The smallest absolute Gasteiger partial charge is 0.326 e. The van der Waals surface area contributed by atoms with Crippen LogP contribution in [0.15, 0.2) is 60.7 Å². The summed E-state index contributed by atoms with van der Waals surface area (Å²) in [6.45, 7) is 2.88. The van der Waals surface area contributed by atoms with E-state index in [0.717, 1.165) is 36.4 Å². The van der Waals surface area contributed by atoms with E-state index in [1.54, 1.807) is 17.8 Å². The summed E-state index contributed by atoms with van der Waals surface area (Å²) in [5, 5.41) is 13.0. The highest BCUT2D eigenvalue weighted by Crippen LogP contribution is 2.29. The van der Waals surface area contributed by atoms with E-state index in [1.807, 2.05) is 67.8 Å². The van der Waals surface area contributed by atoms with E-state index in [1.165, 1.54) is 0 Å². The molecule has 190 valence electrons. The first-order valence-electron chi connectivity index (χ1n) is 11.5. The van der Waals surface area contributed by atoms with E-state index in [2.05, 4.69) is 27.9 Å². The minimum atomic E-state index is -1.03. The van der Waals surface area contributed by atoms with Crippen LogP contribution in [0.25, 0.3) is 11.1 Å². The van der Waals surface area contributed by atoms with Crippen molar-refractivity contribution in [2.75, 3.05) is 18.6 Å². The maximum Gasteiger partial charge on any atom is 0.326 e. The molecule has 0 fully saturated rings. The van der Waals surface area contributed by atoms with Crippen molar-refractivity contribution in [2.45, 2.75) is 32.4 Å². The average molecular weight is 638 g/mol. The number of ether oxygens (including phenoxy) is 1. The molecule has 0 unspecified atom stereocenters. The number of benzene rings is 3. The van der Waals surface area contributed by atoms with Crippen LogP contribution in [0.5, 0.6) is 0 Å². The minimum absolute atomic E-state index is 0.360. The highest BCUT2D eigenvalue weighted by molar-refractivity contribution is 14.1. The number of aliphatic carboxylic acids is 1. The van der Waals surface area contributed by atoms with Crippen LogP contribution in [0.4, 0.5) is 0 Å². The number of thioether (sulfide) groups is 1. The predicted octanol–water partition coefficient (Wildman–Crippen LogP) is 6.62. The molecule has 36 heavy (non-hydrogen) atoms. The second-order valence-electron chi connectivity index (χ2n) is 8.38. The van der Waals surface area contributed by atoms with E-state index in [4.69, 9.17) is 16.3 Å². The Kier molecular flexibility index (Phi) is 11.1. The molecule has 0 radical (unpaired) electrons. The third-order valence-corrected chi connectivity index (χ3v) is 7.44. The van der Waals surface area contributed by atoms with E-state index in [9.17, 15) is 14.7 Å². The maximum atomic E-state index is 13.2. The van der Waals surface area contributed by atoms with Gasteiger partial charge in [0, 0.05) is 14.2 Å². The molecule has 0 aromatic heterocycles. The molecule has 3 aromatic rings. The van der Waals surface area contributed by atoms with Crippen LogP contribution in [0.2, 0.25) is 5.02 Å². The number of carboxylic acids is 1. The molecule has 2 N–H and O–H groups in total. The van der Waals surface area contributed by atoms with Gasteiger partial charge in [0.2, 0.25) is 0 Å². The van der Waals surface area contributed by atoms with E-state index < -0.39 is 17.9 Å². The number of hydrogen-bond donors (Lipinski definition) is 2. The van der Waals surface area contributed by atoms with Crippen LogP contribution in [0, 0.1) is 10.5 Å². The number of halogens is 2. The SMILES string of the molecule is CSCC[C@H](NC(=O)c1ccc(COCCc2ccc(I)cc2Cl)cc1-c1ccccc1C)C(=O)O. The summed E-state index contributed by atoms with van der Waals surface area (Å²) >= 11 is 10.1. The Morgan fingerprint density at radius 2 is 1.89 bits per heavy atom. The summed E-state index contributed by atoms with van der Waals surface area (Å²) in [5.74, 6) is -0.790. The first-order valence-corrected chi connectivity index (χ1v) is 14.4. The van der Waals surface area contributed by atoms with Crippen molar-refractivity contribution in [3.8, 4) is 11.1 Å². The fraction of sp³-hybridized carbons (Fsp3) is 0.286. The number of nitrogens with one attached hydrogen (secondary N) is 1. The first-order chi connectivity index (χ1) is 17.3. The minimum Gasteiger partial charge on any atom is -0.480 e. The van der Waals surface area contributed by atoms with Crippen molar-refractivity contribution in [1.82, 2.24) is 5.32 Å². The Labute approximate surface area is 235 Å². The number of carboxylic acid groups (broad SMARTS) is 1. The number of carbonyl (C=O) groups excluding carboxylic acids is 1. The number of rotatable bonds is 12. The fourth-order valence-corrected chi connectivity index (χ4v) is 5.22. The Balaban J connectivity index is 1.78. The fourth-order valence-electron chi connectivity index (χ4n) is 3.80. The molecule has 0 aliphatic heterocycles. The van der Waals surface area contributed by atoms with Gasteiger partial charge in [0.25, 0.3) is 5.91 Å². The van der Waals surface area contributed by atoms with Crippen LogP contribution in [0.1, 0.15) is 33.5 Å². The van der Waals surface area contributed by atoms with Gasteiger partial charge in [-0.1, -0.05) is 48.0 Å². The van der Waals surface area contributed by atoms with Crippen molar-refractivity contribution in [1.29, 1.82) is 0 Å². The normalized spacial score (nSPS) is 11.8. The summed E-state index contributed by atoms with van der Waals surface area (Å²) in [6.07, 6.45) is 2.97. The summed E-state index contributed by atoms with van der Waals surface area (Å²) in [6, 6.07) is 18.4. The number of hydrogen-bond acceptors (Lipinski definition) is 4. The molecule has 8 heteroatoms. The average Bonchev–Trinajstić information content (AvgIpc) is 2.85. The van der Waals surface area contributed by atoms with Crippen molar-refractivity contribution in [3.63, 3.8) is 0 Å².